The molecule has 4 rings (SSSR count). The van der Waals surface area contributed by atoms with Crippen molar-refractivity contribution in [3.63, 3.8) is 0 Å². The van der Waals surface area contributed by atoms with Crippen molar-refractivity contribution in [2.24, 2.45) is 0 Å². The van der Waals surface area contributed by atoms with Gasteiger partial charge in [-0.25, -0.2) is 0 Å². The van der Waals surface area contributed by atoms with E-state index in [2.05, 4.69) is 17.4 Å². The van der Waals surface area contributed by atoms with E-state index in [0.29, 0.717) is 30.1 Å². The van der Waals surface area contributed by atoms with Gasteiger partial charge in [0, 0.05) is 29.0 Å². The number of carbonyl (C=O) groups is 1. The molecule has 6 heteroatoms. The Hall–Kier alpha value is -3.51. The van der Waals surface area contributed by atoms with Crippen molar-refractivity contribution in [3.05, 3.63) is 102 Å². The Morgan fingerprint density at radius 2 is 1.66 bits per heavy atom. The normalized spacial score (nSPS) is 10.7. The first-order chi connectivity index (χ1) is 15.7. The number of thioether (sulfide) groups is 1. The number of nitrogens with zero attached hydrogens (tertiary/aromatic N) is 2. The zero-order valence-electron chi connectivity index (χ0n) is 17.9. The Balaban J connectivity index is 1.54. The fraction of sp³-hybridized carbons (Fsp3) is 0.154. The predicted molar refractivity (Wildman–Crippen MR) is 129 cm³/mol. The van der Waals surface area contributed by atoms with Gasteiger partial charge in [-0.05, 0) is 29.8 Å². The molecule has 0 bridgehead atoms. The van der Waals surface area contributed by atoms with Crippen LogP contribution in [0.15, 0.2) is 96.0 Å². The van der Waals surface area contributed by atoms with Crippen LogP contribution in [0.2, 0.25) is 0 Å². The quantitative estimate of drug-likeness (QED) is 0.288. The maximum atomic E-state index is 13.1. The number of ether oxygens (including phenoxy) is 1. The van der Waals surface area contributed by atoms with E-state index in [1.807, 2.05) is 83.7 Å². The number of aromatic nitrogens is 2. The molecule has 1 amide bonds. The fourth-order valence-electron chi connectivity index (χ4n) is 3.42. The Morgan fingerprint density at radius 1 is 0.969 bits per heavy atom. The van der Waals surface area contributed by atoms with Crippen LogP contribution in [0.3, 0.4) is 0 Å². The molecule has 0 aliphatic carbocycles. The first kappa shape index (κ1) is 21.7. The molecule has 3 aromatic carbocycles. The summed E-state index contributed by atoms with van der Waals surface area (Å²) >= 11 is 1.72. The second-order valence-corrected chi connectivity index (χ2v) is 8.36. The average Bonchev–Trinajstić information content (AvgIpc) is 3.26. The molecule has 5 nitrogen and oxygen atoms in total. The van der Waals surface area contributed by atoms with Crippen molar-refractivity contribution >= 4 is 17.7 Å². The fourth-order valence-corrected chi connectivity index (χ4v) is 4.21. The van der Waals surface area contributed by atoms with Gasteiger partial charge in [-0.3, -0.25) is 9.48 Å². The van der Waals surface area contributed by atoms with Crippen LogP contribution < -0.4 is 10.1 Å². The third-order valence-corrected chi connectivity index (χ3v) is 5.97. The summed E-state index contributed by atoms with van der Waals surface area (Å²) in [7, 11) is 1.63. The van der Waals surface area contributed by atoms with E-state index >= 15 is 0 Å². The van der Waals surface area contributed by atoms with Crippen LogP contribution in [0.5, 0.6) is 5.75 Å². The summed E-state index contributed by atoms with van der Waals surface area (Å²) in [4.78, 5) is 14.3. The number of benzene rings is 3. The summed E-state index contributed by atoms with van der Waals surface area (Å²) in [5, 5.41) is 7.79. The van der Waals surface area contributed by atoms with Crippen molar-refractivity contribution in [2.45, 2.75) is 11.4 Å². The van der Waals surface area contributed by atoms with Crippen molar-refractivity contribution in [1.82, 2.24) is 15.1 Å². The van der Waals surface area contributed by atoms with Gasteiger partial charge in [-0.15, -0.1) is 11.8 Å². The highest BCUT2D eigenvalue weighted by Gasteiger charge is 2.20. The second kappa shape index (κ2) is 10.7. The Bertz CT molecular complexity index is 1160. The van der Waals surface area contributed by atoms with Gasteiger partial charge < -0.3 is 10.1 Å². The lowest BCUT2D eigenvalue weighted by atomic mass is 10.1. The van der Waals surface area contributed by atoms with E-state index in [4.69, 9.17) is 9.84 Å². The molecule has 1 heterocycles. The molecule has 0 aliphatic heterocycles. The zero-order chi connectivity index (χ0) is 22.2. The van der Waals surface area contributed by atoms with Gasteiger partial charge in [-0.2, -0.15) is 5.10 Å². The molecule has 0 spiro atoms. The maximum Gasteiger partial charge on any atom is 0.255 e. The number of para-hydroxylation sites is 1. The molecule has 0 saturated carbocycles. The minimum absolute atomic E-state index is 0.140. The molecule has 4 aromatic rings. The molecule has 0 atom stereocenters. The minimum atomic E-state index is -0.140. The highest BCUT2D eigenvalue weighted by atomic mass is 32.2. The molecule has 1 N–H and O–H groups in total. The molecule has 0 radical (unpaired) electrons. The summed E-state index contributed by atoms with van der Waals surface area (Å²) in [5.41, 5.74) is 3.07. The summed E-state index contributed by atoms with van der Waals surface area (Å²) in [5.74, 6) is 1.34. The van der Waals surface area contributed by atoms with Gasteiger partial charge in [-0.1, -0.05) is 60.7 Å². The predicted octanol–water partition coefficient (Wildman–Crippen LogP) is 5.13. The lowest BCUT2D eigenvalue weighted by Gasteiger charge is -2.08. The molecule has 0 saturated heterocycles. The number of carbonyl (C=O) groups excluding carboxylic acids is 1. The first-order valence-corrected chi connectivity index (χ1v) is 11.4. The number of rotatable bonds is 9. The number of hydrogen-bond donors (Lipinski definition) is 1. The van der Waals surface area contributed by atoms with Crippen molar-refractivity contribution in [3.8, 4) is 17.0 Å². The van der Waals surface area contributed by atoms with E-state index in [9.17, 15) is 4.79 Å². The second-order valence-electron chi connectivity index (χ2n) is 7.19. The molecule has 32 heavy (non-hydrogen) atoms. The summed E-state index contributed by atoms with van der Waals surface area (Å²) in [6.45, 7) is 1.15. The van der Waals surface area contributed by atoms with Gasteiger partial charge in [0.25, 0.3) is 5.91 Å². The molecule has 162 valence electrons. The average molecular weight is 444 g/mol. The van der Waals surface area contributed by atoms with Gasteiger partial charge in [0.05, 0.1) is 19.2 Å². The third kappa shape index (κ3) is 5.39. The molecule has 0 aliphatic rings. The first-order valence-electron chi connectivity index (χ1n) is 10.5. The van der Waals surface area contributed by atoms with E-state index in [1.165, 1.54) is 4.90 Å². The lowest BCUT2D eigenvalue weighted by molar-refractivity contribution is 0.0956. The molecule has 1 aromatic heterocycles. The minimum Gasteiger partial charge on any atom is -0.496 e. The highest BCUT2D eigenvalue weighted by Crippen LogP contribution is 2.31. The standard InChI is InChI=1S/C26H25N3O2S/c1-31-24-15-9-8-14-22(24)25-23(19-29(28-25)18-20-10-4-2-5-11-20)26(30)27-16-17-32-21-12-6-3-7-13-21/h2-15,19H,16-18H2,1H3,(H,27,30). The molecular formula is C26H25N3O2S. The van der Waals surface area contributed by atoms with E-state index in [0.717, 1.165) is 16.9 Å². The summed E-state index contributed by atoms with van der Waals surface area (Å²) in [6, 6.07) is 27.9. The lowest BCUT2D eigenvalue weighted by Crippen LogP contribution is -2.26. The van der Waals surface area contributed by atoms with Crippen LogP contribution in [-0.4, -0.2) is 35.1 Å². The Kier molecular flexibility index (Phi) is 7.25. The van der Waals surface area contributed by atoms with E-state index in [1.54, 1.807) is 18.9 Å². The van der Waals surface area contributed by atoms with Crippen LogP contribution in [0.25, 0.3) is 11.3 Å². The molecule has 0 fully saturated rings. The Morgan fingerprint density at radius 3 is 2.41 bits per heavy atom. The van der Waals surface area contributed by atoms with Crippen LogP contribution in [0, 0.1) is 0 Å². The van der Waals surface area contributed by atoms with Crippen LogP contribution in [0.4, 0.5) is 0 Å². The highest BCUT2D eigenvalue weighted by molar-refractivity contribution is 7.99. The number of amides is 1. The molecular weight excluding hydrogens is 418 g/mol. The van der Waals surface area contributed by atoms with Gasteiger partial charge in [0.15, 0.2) is 0 Å². The zero-order valence-corrected chi connectivity index (χ0v) is 18.7. The van der Waals surface area contributed by atoms with Crippen molar-refractivity contribution < 1.29 is 9.53 Å². The largest absolute Gasteiger partial charge is 0.496 e. The maximum absolute atomic E-state index is 13.1. The van der Waals surface area contributed by atoms with Crippen molar-refractivity contribution in [2.75, 3.05) is 19.4 Å². The van der Waals surface area contributed by atoms with Gasteiger partial charge in [0.2, 0.25) is 0 Å². The smallest absolute Gasteiger partial charge is 0.255 e. The van der Waals surface area contributed by atoms with E-state index in [-0.39, 0.29) is 5.91 Å². The molecule has 0 unspecified atom stereocenters. The number of hydrogen-bond acceptors (Lipinski definition) is 4. The topological polar surface area (TPSA) is 56.2 Å². The van der Waals surface area contributed by atoms with Gasteiger partial charge >= 0.3 is 0 Å². The monoisotopic (exact) mass is 443 g/mol. The third-order valence-electron chi connectivity index (χ3n) is 4.96. The summed E-state index contributed by atoms with van der Waals surface area (Å²) in [6.07, 6.45) is 1.81. The van der Waals surface area contributed by atoms with Crippen LogP contribution >= 0.6 is 11.8 Å². The van der Waals surface area contributed by atoms with Crippen LogP contribution in [0.1, 0.15) is 15.9 Å². The van der Waals surface area contributed by atoms with Crippen molar-refractivity contribution in [1.29, 1.82) is 0 Å². The Labute approximate surface area is 192 Å². The van der Waals surface area contributed by atoms with Gasteiger partial charge in [0.1, 0.15) is 11.4 Å². The SMILES string of the molecule is COc1ccccc1-c1nn(Cc2ccccc2)cc1C(=O)NCCSc1ccccc1. The van der Waals surface area contributed by atoms with Crippen LogP contribution in [-0.2, 0) is 6.54 Å². The van der Waals surface area contributed by atoms with E-state index < -0.39 is 0 Å². The summed E-state index contributed by atoms with van der Waals surface area (Å²) < 4.78 is 7.34. The number of methoxy groups -OCH3 is 1. The number of nitrogens with one attached hydrogen (secondary N) is 1.